The fraction of sp³-hybridized carbons (Fsp3) is 0.538. The van der Waals surface area contributed by atoms with Gasteiger partial charge >= 0.3 is 6.18 Å². The highest BCUT2D eigenvalue weighted by Crippen LogP contribution is 2.38. The lowest BCUT2D eigenvalue weighted by Crippen LogP contribution is -2.28. The summed E-state index contributed by atoms with van der Waals surface area (Å²) in [5.41, 5.74) is 0.0256. The molecule has 10 heteroatoms. The van der Waals surface area contributed by atoms with E-state index in [1.54, 1.807) is 0 Å². The van der Waals surface area contributed by atoms with Gasteiger partial charge in [0.25, 0.3) is 0 Å². The quantitative estimate of drug-likeness (QED) is 0.656. The molecule has 1 aromatic rings. The van der Waals surface area contributed by atoms with Crippen molar-refractivity contribution in [2.45, 2.75) is 31.1 Å². The van der Waals surface area contributed by atoms with Gasteiger partial charge in [-0.1, -0.05) is 0 Å². The van der Waals surface area contributed by atoms with E-state index in [2.05, 4.69) is 15.3 Å². The first-order valence-electron chi connectivity index (χ1n) is 6.95. The number of aromatic nitrogens is 2. The van der Waals surface area contributed by atoms with E-state index in [0.29, 0.717) is 26.1 Å². The maximum Gasteiger partial charge on any atom is 0.449 e. The number of rotatable bonds is 2. The van der Waals surface area contributed by atoms with Crippen LogP contribution in [-0.2, 0) is 10.9 Å². The van der Waals surface area contributed by atoms with E-state index in [-0.39, 0.29) is 11.0 Å². The average Bonchev–Trinajstić information content (AvgIpc) is 2.95. The van der Waals surface area contributed by atoms with E-state index in [1.807, 2.05) is 0 Å². The molecule has 1 N–H and O–H groups in total. The summed E-state index contributed by atoms with van der Waals surface area (Å²) in [5.74, 6) is -1.78. The van der Waals surface area contributed by atoms with Gasteiger partial charge in [0, 0.05) is 25.5 Å². The monoisotopic (exact) mass is 352 g/mol. The second kappa shape index (κ2) is 6.12. The van der Waals surface area contributed by atoms with Crippen LogP contribution in [0.5, 0.6) is 0 Å². The van der Waals surface area contributed by atoms with Crippen LogP contribution < -0.4 is 5.32 Å². The van der Waals surface area contributed by atoms with Gasteiger partial charge in [-0.25, -0.2) is 14.4 Å². The van der Waals surface area contributed by atoms with E-state index in [4.69, 9.17) is 16.3 Å². The second-order valence-corrected chi connectivity index (χ2v) is 5.57. The van der Waals surface area contributed by atoms with Gasteiger partial charge in [0.1, 0.15) is 11.9 Å². The molecule has 1 aromatic heterocycles. The van der Waals surface area contributed by atoms with Crippen molar-refractivity contribution in [1.29, 1.82) is 0 Å². The Hall–Kier alpha value is -1.61. The highest BCUT2D eigenvalue weighted by molar-refractivity contribution is 6.64. The Morgan fingerprint density at radius 1 is 1.30 bits per heavy atom. The molecule has 1 atom stereocenters. The van der Waals surface area contributed by atoms with Gasteiger partial charge < -0.3 is 14.6 Å². The van der Waals surface area contributed by atoms with Crippen molar-refractivity contribution in [3.63, 3.8) is 0 Å². The largest absolute Gasteiger partial charge is 0.449 e. The van der Waals surface area contributed by atoms with Gasteiger partial charge in [0.05, 0.1) is 11.9 Å². The third kappa shape index (κ3) is 3.20. The summed E-state index contributed by atoms with van der Waals surface area (Å²) >= 11 is 5.72. The summed E-state index contributed by atoms with van der Waals surface area (Å²) in [6, 6.07) is -1.72. The van der Waals surface area contributed by atoms with E-state index in [0.717, 1.165) is 17.0 Å². The minimum Gasteiger partial charge on any atom is -0.381 e. The van der Waals surface area contributed by atoms with Crippen molar-refractivity contribution in [2.75, 3.05) is 13.2 Å². The maximum absolute atomic E-state index is 14.0. The molecule has 3 rings (SSSR count). The summed E-state index contributed by atoms with van der Waals surface area (Å²) in [4.78, 5) is 7.32. The molecule has 0 spiro atoms. The molecule has 1 unspecified atom stereocenters. The first-order valence-corrected chi connectivity index (χ1v) is 7.33. The van der Waals surface area contributed by atoms with Gasteiger partial charge in [0.15, 0.2) is 5.29 Å². The van der Waals surface area contributed by atoms with Gasteiger partial charge in [-0.2, -0.15) is 13.2 Å². The fourth-order valence-corrected chi connectivity index (χ4v) is 2.89. The summed E-state index contributed by atoms with van der Waals surface area (Å²) in [6.07, 6.45) is -1.87. The van der Waals surface area contributed by atoms with Crippen molar-refractivity contribution in [2.24, 2.45) is 4.99 Å². The third-order valence-electron chi connectivity index (χ3n) is 3.75. The molecule has 126 valence electrons. The third-order valence-corrected chi connectivity index (χ3v) is 3.95. The van der Waals surface area contributed by atoms with Crippen molar-refractivity contribution in [3.8, 4) is 0 Å². The predicted octanol–water partition coefficient (Wildman–Crippen LogP) is 3.30. The zero-order valence-electron chi connectivity index (χ0n) is 11.8. The predicted molar refractivity (Wildman–Crippen MR) is 74.7 cm³/mol. The maximum atomic E-state index is 14.0. The number of aliphatic imine (C=N–C) groups is 1. The Bertz CT molecular complexity index is 649. The highest BCUT2D eigenvalue weighted by atomic mass is 35.5. The van der Waals surface area contributed by atoms with Crippen LogP contribution in [0.25, 0.3) is 0 Å². The molecular weight excluding hydrogens is 340 g/mol. The van der Waals surface area contributed by atoms with E-state index in [1.165, 1.54) is 0 Å². The standard InChI is InChI=1S/C13H13ClF4N4O/c14-12-20-5-8(15)10(21-12)9-6-19-11(13(16,17)18)22(9)7-1-3-23-4-2-7/h5-7,10H,1-4H2,(H,20,21). The summed E-state index contributed by atoms with van der Waals surface area (Å²) < 4.78 is 60.0. The molecule has 1 saturated heterocycles. The molecule has 5 nitrogen and oxygen atoms in total. The smallest absolute Gasteiger partial charge is 0.381 e. The lowest BCUT2D eigenvalue weighted by atomic mass is 10.1. The molecular formula is C13H13ClF4N4O. The van der Waals surface area contributed by atoms with Crippen LogP contribution in [-0.4, -0.2) is 28.1 Å². The molecule has 2 aliphatic heterocycles. The van der Waals surface area contributed by atoms with Gasteiger partial charge in [-0.3, -0.25) is 0 Å². The zero-order chi connectivity index (χ0) is 16.6. The van der Waals surface area contributed by atoms with Gasteiger partial charge in [-0.05, 0) is 24.4 Å². The molecule has 0 radical (unpaired) electrons. The van der Waals surface area contributed by atoms with Gasteiger partial charge in [-0.15, -0.1) is 0 Å². The number of alkyl halides is 3. The van der Waals surface area contributed by atoms with Crippen molar-refractivity contribution in [1.82, 2.24) is 14.9 Å². The molecule has 0 aliphatic carbocycles. The molecule has 0 saturated carbocycles. The van der Waals surface area contributed by atoms with E-state index >= 15 is 0 Å². The van der Waals surface area contributed by atoms with Crippen LogP contribution in [0.1, 0.15) is 36.4 Å². The van der Waals surface area contributed by atoms with Crippen LogP contribution in [0, 0.1) is 0 Å². The molecule has 0 aromatic carbocycles. The number of halogens is 5. The Morgan fingerprint density at radius 2 is 2.00 bits per heavy atom. The Morgan fingerprint density at radius 3 is 2.65 bits per heavy atom. The van der Waals surface area contributed by atoms with Crippen molar-refractivity contribution >= 4 is 16.9 Å². The SMILES string of the molecule is FC1=CNC(Cl)=NC1c1cnc(C(F)(F)F)n1C1CCOCC1. The first kappa shape index (κ1) is 16.3. The minimum atomic E-state index is -4.64. The fourth-order valence-electron chi connectivity index (χ4n) is 2.74. The summed E-state index contributed by atoms with van der Waals surface area (Å²) in [5, 5.41) is 2.28. The first-order chi connectivity index (χ1) is 10.9. The number of hydrogen-bond donors (Lipinski definition) is 1. The van der Waals surface area contributed by atoms with E-state index < -0.39 is 29.9 Å². The summed E-state index contributed by atoms with van der Waals surface area (Å²) in [6.45, 7) is 0.683. The number of imidazole rings is 1. The normalized spacial score (nSPS) is 23.3. The topological polar surface area (TPSA) is 51.4 Å². The second-order valence-electron chi connectivity index (χ2n) is 5.21. The van der Waals surface area contributed by atoms with E-state index in [9.17, 15) is 17.6 Å². The Kier molecular flexibility index (Phi) is 4.33. The van der Waals surface area contributed by atoms with Crippen LogP contribution in [0.4, 0.5) is 17.6 Å². The average molecular weight is 353 g/mol. The zero-order valence-corrected chi connectivity index (χ0v) is 12.5. The highest BCUT2D eigenvalue weighted by Gasteiger charge is 2.41. The number of nitrogens with one attached hydrogen (secondary N) is 1. The van der Waals surface area contributed by atoms with Crippen LogP contribution in [0.2, 0.25) is 0 Å². The molecule has 3 heterocycles. The van der Waals surface area contributed by atoms with Crippen molar-refractivity contribution < 1.29 is 22.3 Å². The van der Waals surface area contributed by atoms with Crippen molar-refractivity contribution in [3.05, 3.63) is 29.7 Å². The molecule has 2 aliphatic rings. The summed E-state index contributed by atoms with van der Waals surface area (Å²) in [7, 11) is 0. The lowest BCUT2D eigenvalue weighted by molar-refractivity contribution is -0.148. The minimum absolute atomic E-state index is 0.0256. The Labute approximate surface area is 134 Å². The molecule has 0 amide bonds. The van der Waals surface area contributed by atoms with Gasteiger partial charge in [0.2, 0.25) is 5.82 Å². The number of hydrogen-bond acceptors (Lipinski definition) is 4. The number of ether oxygens (including phenoxy) is 1. The lowest BCUT2D eigenvalue weighted by Gasteiger charge is -2.29. The van der Waals surface area contributed by atoms with Crippen LogP contribution >= 0.6 is 11.6 Å². The molecule has 0 bridgehead atoms. The number of amidine groups is 1. The van der Waals surface area contributed by atoms with Crippen LogP contribution in [0.15, 0.2) is 23.2 Å². The molecule has 1 fully saturated rings. The number of nitrogens with zero attached hydrogens (tertiary/aromatic N) is 3. The van der Waals surface area contributed by atoms with Crippen LogP contribution in [0.3, 0.4) is 0 Å². The molecule has 23 heavy (non-hydrogen) atoms. The Balaban J connectivity index is 2.08.